The first-order chi connectivity index (χ1) is 10.4. The molecule has 0 bridgehead atoms. The van der Waals surface area contributed by atoms with Crippen molar-refractivity contribution in [3.8, 4) is 0 Å². The summed E-state index contributed by atoms with van der Waals surface area (Å²) < 4.78 is 0. The third kappa shape index (κ3) is 4.36. The summed E-state index contributed by atoms with van der Waals surface area (Å²) in [6, 6.07) is 9.27. The molecule has 22 heavy (non-hydrogen) atoms. The van der Waals surface area contributed by atoms with Crippen molar-refractivity contribution in [1.29, 1.82) is 0 Å². The van der Waals surface area contributed by atoms with E-state index in [9.17, 15) is 0 Å². The van der Waals surface area contributed by atoms with Gasteiger partial charge in [-0.15, -0.1) is 0 Å². The van der Waals surface area contributed by atoms with Gasteiger partial charge in [-0.05, 0) is 52.5 Å². The SMILES string of the molecule is CC/C=C(/NC1CCN(C(C)(C)C)CC1)c1ccccc1C. The lowest BCUT2D eigenvalue weighted by molar-refractivity contribution is 0.0994. The minimum absolute atomic E-state index is 0.295. The zero-order chi connectivity index (χ0) is 16.2. The third-order valence-electron chi connectivity index (χ3n) is 4.65. The average Bonchev–Trinajstić information content (AvgIpc) is 2.47. The minimum Gasteiger partial charge on any atom is -0.382 e. The molecule has 1 aliphatic heterocycles. The molecule has 1 N–H and O–H groups in total. The highest BCUT2D eigenvalue weighted by atomic mass is 15.2. The predicted octanol–water partition coefficient (Wildman–Crippen LogP) is 4.60. The number of nitrogens with zero attached hydrogens (tertiary/aromatic N) is 1. The number of hydrogen-bond donors (Lipinski definition) is 1. The molecule has 122 valence electrons. The quantitative estimate of drug-likeness (QED) is 0.874. The molecule has 1 fully saturated rings. The summed E-state index contributed by atoms with van der Waals surface area (Å²) in [5.74, 6) is 0. The summed E-state index contributed by atoms with van der Waals surface area (Å²) in [7, 11) is 0. The molecule has 0 saturated carbocycles. The van der Waals surface area contributed by atoms with Crippen LogP contribution in [-0.4, -0.2) is 29.6 Å². The van der Waals surface area contributed by atoms with E-state index in [4.69, 9.17) is 0 Å². The summed E-state index contributed by atoms with van der Waals surface area (Å²) in [5, 5.41) is 3.82. The minimum atomic E-state index is 0.295. The van der Waals surface area contributed by atoms with E-state index in [2.05, 4.69) is 75.2 Å². The van der Waals surface area contributed by atoms with Gasteiger partial charge in [0, 0.05) is 35.9 Å². The van der Waals surface area contributed by atoms with Gasteiger partial charge in [-0.1, -0.05) is 37.3 Å². The normalized spacial score (nSPS) is 18.5. The van der Waals surface area contributed by atoms with Gasteiger partial charge in [0.05, 0.1) is 0 Å². The van der Waals surface area contributed by atoms with Crippen LogP contribution in [-0.2, 0) is 0 Å². The number of hydrogen-bond acceptors (Lipinski definition) is 2. The van der Waals surface area contributed by atoms with Crippen molar-refractivity contribution in [3.05, 3.63) is 41.5 Å². The maximum absolute atomic E-state index is 3.82. The Morgan fingerprint density at radius 1 is 1.23 bits per heavy atom. The molecule has 2 rings (SSSR count). The summed E-state index contributed by atoms with van der Waals surface area (Å²) in [6.07, 6.45) is 5.85. The summed E-state index contributed by atoms with van der Waals surface area (Å²) in [4.78, 5) is 2.60. The van der Waals surface area contributed by atoms with Crippen LogP contribution < -0.4 is 5.32 Å². The molecule has 1 saturated heterocycles. The number of piperidine rings is 1. The van der Waals surface area contributed by atoms with Gasteiger partial charge in [0.15, 0.2) is 0 Å². The molecule has 2 heteroatoms. The third-order valence-corrected chi connectivity index (χ3v) is 4.65. The predicted molar refractivity (Wildman–Crippen MR) is 96.9 cm³/mol. The maximum atomic E-state index is 3.82. The van der Waals surface area contributed by atoms with E-state index in [1.165, 1.54) is 42.8 Å². The second-order valence-corrected chi connectivity index (χ2v) is 7.42. The maximum Gasteiger partial charge on any atom is 0.0378 e. The highest BCUT2D eigenvalue weighted by Gasteiger charge is 2.27. The summed E-state index contributed by atoms with van der Waals surface area (Å²) in [5.41, 5.74) is 4.31. The molecule has 0 aromatic heterocycles. The van der Waals surface area contributed by atoms with Crippen LogP contribution in [0.25, 0.3) is 5.70 Å². The number of nitrogens with one attached hydrogen (secondary N) is 1. The monoisotopic (exact) mass is 300 g/mol. The van der Waals surface area contributed by atoms with Crippen LogP contribution in [0.1, 0.15) is 58.1 Å². The van der Waals surface area contributed by atoms with Crippen molar-refractivity contribution < 1.29 is 0 Å². The van der Waals surface area contributed by atoms with E-state index in [1.807, 2.05) is 0 Å². The van der Waals surface area contributed by atoms with E-state index in [1.54, 1.807) is 0 Å². The Balaban J connectivity index is 2.02. The zero-order valence-corrected chi connectivity index (χ0v) is 14.9. The summed E-state index contributed by atoms with van der Waals surface area (Å²) in [6.45, 7) is 13.7. The Hall–Kier alpha value is -1.28. The van der Waals surface area contributed by atoms with Crippen molar-refractivity contribution in [3.63, 3.8) is 0 Å². The molecule has 0 unspecified atom stereocenters. The molecule has 1 aliphatic rings. The van der Waals surface area contributed by atoms with E-state index < -0.39 is 0 Å². The molecule has 0 radical (unpaired) electrons. The second-order valence-electron chi connectivity index (χ2n) is 7.42. The Morgan fingerprint density at radius 2 is 1.86 bits per heavy atom. The highest BCUT2D eigenvalue weighted by Crippen LogP contribution is 2.23. The van der Waals surface area contributed by atoms with E-state index >= 15 is 0 Å². The van der Waals surface area contributed by atoms with Crippen molar-refractivity contribution in [1.82, 2.24) is 10.2 Å². The first-order valence-electron chi connectivity index (χ1n) is 8.69. The van der Waals surface area contributed by atoms with E-state index in [-0.39, 0.29) is 0 Å². The van der Waals surface area contributed by atoms with Crippen molar-refractivity contribution in [2.75, 3.05) is 13.1 Å². The van der Waals surface area contributed by atoms with Crippen molar-refractivity contribution >= 4 is 5.70 Å². The number of benzene rings is 1. The molecule has 0 spiro atoms. The van der Waals surface area contributed by atoms with Gasteiger partial charge in [0.25, 0.3) is 0 Å². The Kier molecular flexibility index (Phi) is 5.69. The van der Waals surface area contributed by atoms with Crippen LogP contribution in [0.5, 0.6) is 0 Å². The first-order valence-corrected chi connectivity index (χ1v) is 8.69. The lowest BCUT2D eigenvalue weighted by atomic mass is 9.97. The molecule has 1 aromatic carbocycles. The summed E-state index contributed by atoms with van der Waals surface area (Å²) >= 11 is 0. The number of likely N-dealkylation sites (tertiary alicyclic amines) is 1. The van der Waals surface area contributed by atoms with Gasteiger partial charge in [-0.3, -0.25) is 4.90 Å². The van der Waals surface area contributed by atoms with Gasteiger partial charge in [-0.25, -0.2) is 0 Å². The molecule has 0 amide bonds. The number of allylic oxidation sites excluding steroid dienone is 1. The fraction of sp³-hybridized carbons (Fsp3) is 0.600. The van der Waals surface area contributed by atoms with Gasteiger partial charge >= 0.3 is 0 Å². The molecule has 0 atom stereocenters. The smallest absolute Gasteiger partial charge is 0.0378 e. The number of rotatable bonds is 4. The fourth-order valence-corrected chi connectivity index (χ4v) is 3.24. The van der Waals surface area contributed by atoms with E-state index in [0.717, 1.165) is 6.42 Å². The molecule has 2 nitrogen and oxygen atoms in total. The van der Waals surface area contributed by atoms with Crippen LogP contribution >= 0.6 is 0 Å². The molecule has 1 heterocycles. The van der Waals surface area contributed by atoms with Crippen LogP contribution in [0, 0.1) is 6.92 Å². The Labute approximate surface area is 136 Å². The highest BCUT2D eigenvalue weighted by molar-refractivity contribution is 5.66. The zero-order valence-electron chi connectivity index (χ0n) is 14.9. The van der Waals surface area contributed by atoms with Crippen LogP contribution in [0.4, 0.5) is 0 Å². The van der Waals surface area contributed by atoms with Gasteiger partial charge in [0.2, 0.25) is 0 Å². The topological polar surface area (TPSA) is 15.3 Å². The van der Waals surface area contributed by atoms with Crippen LogP contribution in [0.3, 0.4) is 0 Å². The Bertz CT molecular complexity index is 503. The van der Waals surface area contributed by atoms with Crippen molar-refractivity contribution in [2.24, 2.45) is 0 Å². The van der Waals surface area contributed by atoms with Crippen molar-refractivity contribution in [2.45, 2.75) is 65.5 Å². The van der Waals surface area contributed by atoms with Crippen LogP contribution in [0.15, 0.2) is 30.3 Å². The second kappa shape index (κ2) is 7.32. The largest absolute Gasteiger partial charge is 0.382 e. The Morgan fingerprint density at radius 3 is 2.41 bits per heavy atom. The lowest BCUT2D eigenvalue weighted by Gasteiger charge is -2.41. The fourth-order valence-electron chi connectivity index (χ4n) is 3.24. The standard InChI is InChI=1S/C20H32N2/c1-6-9-19(18-11-8-7-10-16(18)2)21-17-12-14-22(15-13-17)20(3,4)5/h7-11,17,21H,6,12-15H2,1-5H3/b19-9+. The average molecular weight is 300 g/mol. The first kappa shape index (κ1) is 17.1. The van der Waals surface area contributed by atoms with Gasteiger partial charge < -0.3 is 5.32 Å². The molecule has 0 aliphatic carbocycles. The lowest BCUT2D eigenvalue weighted by Crippen LogP contribution is -2.49. The van der Waals surface area contributed by atoms with Gasteiger partial charge in [-0.2, -0.15) is 0 Å². The van der Waals surface area contributed by atoms with Gasteiger partial charge in [0.1, 0.15) is 0 Å². The number of aryl methyl sites for hydroxylation is 1. The van der Waals surface area contributed by atoms with Crippen LogP contribution in [0.2, 0.25) is 0 Å². The van der Waals surface area contributed by atoms with E-state index in [0.29, 0.717) is 11.6 Å². The molecule has 1 aromatic rings. The molecular formula is C20H32N2. The molecular weight excluding hydrogens is 268 g/mol.